The van der Waals surface area contributed by atoms with Crippen LogP contribution in [0.25, 0.3) is 10.9 Å². The van der Waals surface area contributed by atoms with Gasteiger partial charge in [-0.2, -0.15) is 4.98 Å². The molecule has 4 rings (SSSR count). The van der Waals surface area contributed by atoms with Gasteiger partial charge in [0, 0.05) is 21.3 Å². The van der Waals surface area contributed by atoms with Crippen LogP contribution >= 0.6 is 27.3 Å². The maximum Gasteiger partial charge on any atom is 0.225 e. The van der Waals surface area contributed by atoms with Gasteiger partial charge in [0.25, 0.3) is 0 Å². The minimum atomic E-state index is 0.202. The Bertz CT molecular complexity index is 891. The lowest BCUT2D eigenvalue weighted by molar-refractivity contribution is 0.373. The van der Waals surface area contributed by atoms with Gasteiger partial charge in [-0.25, -0.2) is 4.98 Å². The number of aromatic nitrogens is 2. The zero-order valence-corrected chi connectivity index (χ0v) is 17.9. The van der Waals surface area contributed by atoms with Crippen molar-refractivity contribution < 1.29 is 0 Å². The van der Waals surface area contributed by atoms with Gasteiger partial charge in [-0.3, -0.25) is 0 Å². The molecule has 1 fully saturated rings. The van der Waals surface area contributed by atoms with Gasteiger partial charge in [0.15, 0.2) is 0 Å². The molecule has 0 saturated heterocycles. The van der Waals surface area contributed by atoms with Crippen LogP contribution in [0.4, 0.5) is 11.8 Å². The predicted octanol–water partition coefficient (Wildman–Crippen LogP) is 6.62. The predicted molar refractivity (Wildman–Crippen MR) is 119 cm³/mol. The summed E-state index contributed by atoms with van der Waals surface area (Å²) in [5, 5.41) is 10.2. The first kappa shape index (κ1) is 18.7. The molecule has 0 spiro atoms. The number of halogens is 1. The van der Waals surface area contributed by atoms with E-state index in [1.807, 2.05) is 12.1 Å². The van der Waals surface area contributed by atoms with Crippen LogP contribution in [0.2, 0.25) is 0 Å². The average molecular weight is 445 g/mol. The Balaban J connectivity index is 1.60. The summed E-state index contributed by atoms with van der Waals surface area (Å²) in [6.07, 6.45) is 6.70. The van der Waals surface area contributed by atoms with Gasteiger partial charge in [-0.05, 0) is 65.2 Å². The van der Waals surface area contributed by atoms with Crippen molar-refractivity contribution in [3.63, 3.8) is 0 Å². The summed E-state index contributed by atoms with van der Waals surface area (Å²) in [4.78, 5) is 10.9. The lowest BCUT2D eigenvalue weighted by Crippen LogP contribution is -2.19. The molecule has 1 aliphatic rings. The maximum absolute atomic E-state index is 4.83. The molecule has 3 aromatic rings. The molecule has 142 valence electrons. The third-order valence-corrected chi connectivity index (χ3v) is 6.97. The SMILES string of the molecule is CC(Nc1nc(NCC2CCCCC2)nc2c(Br)cccc12)c1cccs1. The van der Waals surface area contributed by atoms with Crippen LogP contribution < -0.4 is 10.6 Å². The van der Waals surface area contributed by atoms with E-state index in [2.05, 4.69) is 57.1 Å². The Morgan fingerprint density at radius 1 is 1.15 bits per heavy atom. The van der Waals surface area contributed by atoms with Crippen LogP contribution in [0.3, 0.4) is 0 Å². The molecular weight excluding hydrogens is 420 g/mol. The third kappa shape index (κ3) is 4.43. The number of rotatable bonds is 6. The van der Waals surface area contributed by atoms with E-state index in [0.29, 0.717) is 5.95 Å². The van der Waals surface area contributed by atoms with Crippen LogP contribution in [-0.2, 0) is 0 Å². The molecule has 0 radical (unpaired) electrons. The van der Waals surface area contributed by atoms with Gasteiger partial charge < -0.3 is 10.6 Å². The van der Waals surface area contributed by atoms with Crippen LogP contribution in [0, 0.1) is 5.92 Å². The molecule has 6 heteroatoms. The third-order valence-electron chi connectivity index (χ3n) is 5.27. The van der Waals surface area contributed by atoms with Crippen molar-refractivity contribution in [3.8, 4) is 0 Å². The van der Waals surface area contributed by atoms with Crippen molar-refractivity contribution in [1.82, 2.24) is 9.97 Å². The Hall–Kier alpha value is -1.66. The van der Waals surface area contributed by atoms with Gasteiger partial charge in [-0.15, -0.1) is 11.3 Å². The zero-order chi connectivity index (χ0) is 18.6. The maximum atomic E-state index is 4.83. The second-order valence-electron chi connectivity index (χ2n) is 7.30. The highest BCUT2D eigenvalue weighted by Crippen LogP contribution is 2.31. The van der Waals surface area contributed by atoms with Gasteiger partial charge in [0.05, 0.1) is 11.6 Å². The Morgan fingerprint density at radius 3 is 2.78 bits per heavy atom. The van der Waals surface area contributed by atoms with Crippen molar-refractivity contribution in [2.75, 3.05) is 17.2 Å². The average Bonchev–Trinajstić information content (AvgIpc) is 3.23. The Kier molecular flexibility index (Phi) is 5.93. The van der Waals surface area contributed by atoms with E-state index >= 15 is 0 Å². The summed E-state index contributed by atoms with van der Waals surface area (Å²) in [6, 6.07) is 10.6. The summed E-state index contributed by atoms with van der Waals surface area (Å²) in [7, 11) is 0. The van der Waals surface area contributed by atoms with Gasteiger partial charge >= 0.3 is 0 Å². The molecule has 0 bridgehead atoms. The second kappa shape index (κ2) is 8.57. The van der Waals surface area contributed by atoms with E-state index in [4.69, 9.17) is 9.97 Å². The Labute approximate surface area is 172 Å². The highest BCUT2D eigenvalue weighted by atomic mass is 79.9. The molecule has 1 aromatic carbocycles. The van der Waals surface area contributed by atoms with Gasteiger partial charge in [-0.1, -0.05) is 31.4 Å². The quantitative estimate of drug-likeness (QED) is 0.448. The Morgan fingerprint density at radius 2 is 2.00 bits per heavy atom. The second-order valence-corrected chi connectivity index (χ2v) is 9.13. The molecule has 27 heavy (non-hydrogen) atoms. The fraction of sp³-hybridized carbons (Fsp3) is 0.429. The number of nitrogens with zero attached hydrogens (tertiary/aromatic N) is 2. The first-order valence-electron chi connectivity index (χ1n) is 9.71. The monoisotopic (exact) mass is 444 g/mol. The number of fused-ring (bicyclic) bond motifs is 1. The molecular formula is C21H25BrN4S. The number of benzene rings is 1. The molecule has 1 saturated carbocycles. The van der Waals surface area contributed by atoms with E-state index in [-0.39, 0.29) is 6.04 Å². The fourth-order valence-corrected chi connectivity index (χ4v) is 4.94. The van der Waals surface area contributed by atoms with Crippen molar-refractivity contribution >= 4 is 49.9 Å². The lowest BCUT2D eigenvalue weighted by Gasteiger charge is -2.22. The molecule has 4 nitrogen and oxygen atoms in total. The molecule has 1 atom stereocenters. The first-order chi connectivity index (χ1) is 13.2. The molecule has 2 N–H and O–H groups in total. The molecule has 0 aliphatic heterocycles. The van der Waals surface area contributed by atoms with Crippen molar-refractivity contribution in [2.45, 2.75) is 45.1 Å². The number of anilines is 2. The van der Waals surface area contributed by atoms with E-state index in [0.717, 1.165) is 33.7 Å². The zero-order valence-electron chi connectivity index (χ0n) is 15.5. The topological polar surface area (TPSA) is 49.8 Å². The minimum absolute atomic E-state index is 0.202. The van der Waals surface area contributed by atoms with E-state index in [1.54, 1.807) is 11.3 Å². The van der Waals surface area contributed by atoms with Crippen molar-refractivity contribution in [1.29, 1.82) is 0 Å². The van der Waals surface area contributed by atoms with Crippen LogP contribution in [0.5, 0.6) is 0 Å². The van der Waals surface area contributed by atoms with Crippen molar-refractivity contribution in [2.24, 2.45) is 5.92 Å². The number of nitrogens with one attached hydrogen (secondary N) is 2. The number of hydrogen-bond acceptors (Lipinski definition) is 5. The van der Waals surface area contributed by atoms with E-state index in [9.17, 15) is 0 Å². The normalized spacial score (nSPS) is 16.4. The summed E-state index contributed by atoms with van der Waals surface area (Å²) >= 11 is 5.42. The highest BCUT2D eigenvalue weighted by molar-refractivity contribution is 9.10. The molecule has 2 aromatic heterocycles. The number of thiophene rings is 1. The van der Waals surface area contributed by atoms with Crippen molar-refractivity contribution in [3.05, 3.63) is 45.1 Å². The number of para-hydroxylation sites is 1. The smallest absolute Gasteiger partial charge is 0.225 e. The molecule has 1 unspecified atom stereocenters. The highest BCUT2D eigenvalue weighted by Gasteiger charge is 2.16. The van der Waals surface area contributed by atoms with E-state index in [1.165, 1.54) is 37.0 Å². The number of hydrogen-bond donors (Lipinski definition) is 2. The fourth-order valence-electron chi connectivity index (χ4n) is 3.75. The summed E-state index contributed by atoms with van der Waals surface area (Å²) < 4.78 is 0.995. The van der Waals surface area contributed by atoms with Gasteiger partial charge in [0.1, 0.15) is 5.82 Å². The molecule has 0 amide bonds. The van der Waals surface area contributed by atoms with Gasteiger partial charge in [0.2, 0.25) is 5.95 Å². The van der Waals surface area contributed by atoms with Crippen LogP contribution in [0.1, 0.15) is 49.9 Å². The molecule has 2 heterocycles. The molecule has 1 aliphatic carbocycles. The standard InChI is InChI=1S/C21H25BrN4S/c1-14(18-11-6-12-27-18)24-20-16-9-5-10-17(22)19(16)25-21(26-20)23-13-15-7-3-2-4-8-15/h5-6,9-12,14-15H,2-4,7-8,13H2,1H3,(H2,23,24,25,26). The lowest BCUT2D eigenvalue weighted by atomic mass is 9.89. The summed E-state index contributed by atoms with van der Waals surface area (Å²) in [5.41, 5.74) is 0.944. The largest absolute Gasteiger partial charge is 0.362 e. The minimum Gasteiger partial charge on any atom is -0.362 e. The summed E-state index contributed by atoms with van der Waals surface area (Å²) in [5.74, 6) is 2.33. The van der Waals surface area contributed by atoms with Crippen LogP contribution in [0.15, 0.2) is 40.2 Å². The summed E-state index contributed by atoms with van der Waals surface area (Å²) in [6.45, 7) is 3.13. The van der Waals surface area contributed by atoms with Crippen LogP contribution in [-0.4, -0.2) is 16.5 Å². The first-order valence-corrected chi connectivity index (χ1v) is 11.4. The van der Waals surface area contributed by atoms with E-state index < -0.39 is 0 Å².